The van der Waals surface area contributed by atoms with Gasteiger partial charge in [-0.25, -0.2) is 0 Å². The summed E-state index contributed by atoms with van der Waals surface area (Å²) < 4.78 is 6.71. The van der Waals surface area contributed by atoms with Crippen molar-refractivity contribution in [2.75, 3.05) is 6.61 Å². The van der Waals surface area contributed by atoms with Crippen molar-refractivity contribution >= 4 is 22.9 Å². The molecule has 4 aromatic rings. The Labute approximate surface area is 281 Å². The zero-order valence-electron chi connectivity index (χ0n) is 27.1. The van der Waals surface area contributed by atoms with Crippen molar-refractivity contribution in [3.05, 3.63) is 88.5 Å². The summed E-state index contributed by atoms with van der Waals surface area (Å²) in [6, 6.07) is 18.3. The Balaban J connectivity index is 1.06. The SMILES string of the molecule is OC[C@@H]1CCC[C@H]2CC[C@@H]3C[C@@H](NCc4ccc(CCc5c(O)c(O)c6c(O)cccc6c5/C=C/c5ccc(O)c(O)c5)cc4)C[C@@]21O3. The van der Waals surface area contributed by atoms with Crippen LogP contribution in [0.15, 0.2) is 60.7 Å². The number of ether oxygens (including phenoxy) is 1. The topological polar surface area (TPSA) is 143 Å². The Hall–Kier alpha value is -4.24. The van der Waals surface area contributed by atoms with E-state index in [1.165, 1.54) is 43.0 Å². The van der Waals surface area contributed by atoms with Crippen LogP contribution >= 0.6 is 0 Å². The van der Waals surface area contributed by atoms with Crippen molar-refractivity contribution in [1.82, 2.24) is 5.32 Å². The lowest BCUT2D eigenvalue weighted by Crippen LogP contribution is -2.62. The van der Waals surface area contributed by atoms with Crippen LogP contribution in [0.5, 0.6) is 28.7 Å². The van der Waals surface area contributed by atoms with Gasteiger partial charge in [0.05, 0.1) is 17.1 Å². The second-order valence-electron chi connectivity index (χ2n) is 14.0. The van der Waals surface area contributed by atoms with Gasteiger partial charge in [-0.3, -0.25) is 0 Å². The normalized spacial score (nSPS) is 25.4. The first-order valence-corrected chi connectivity index (χ1v) is 17.2. The molecule has 7 N–H and O–H groups in total. The van der Waals surface area contributed by atoms with Crippen LogP contribution in [0, 0.1) is 11.8 Å². The molecular formula is C40H45NO7. The fraction of sp³-hybridized carbons (Fsp3) is 0.400. The molecule has 1 saturated carbocycles. The molecule has 48 heavy (non-hydrogen) atoms. The Bertz CT molecular complexity index is 1810. The summed E-state index contributed by atoms with van der Waals surface area (Å²) in [6.07, 6.45) is 12.6. The molecule has 2 bridgehead atoms. The lowest BCUT2D eigenvalue weighted by molar-refractivity contribution is -0.241. The predicted octanol–water partition coefficient (Wildman–Crippen LogP) is 6.90. The molecule has 3 aliphatic rings. The predicted molar refractivity (Wildman–Crippen MR) is 186 cm³/mol. The summed E-state index contributed by atoms with van der Waals surface area (Å²) in [4.78, 5) is 0. The third kappa shape index (κ3) is 6.09. The van der Waals surface area contributed by atoms with Gasteiger partial charge in [-0.1, -0.05) is 61.0 Å². The maximum atomic E-state index is 11.2. The fourth-order valence-electron chi connectivity index (χ4n) is 8.69. The molecule has 5 atom stereocenters. The number of nitrogens with one attached hydrogen (secondary N) is 1. The number of phenols is 5. The second kappa shape index (κ2) is 13.3. The summed E-state index contributed by atoms with van der Waals surface area (Å²) in [7, 11) is 0. The van der Waals surface area contributed by atoms with Crippen molar-refractivity contribution in [3.8, 4) is 28.7 Å². The van der Waals surface area contributed by atoms with E-state index in [0.29, 0.717) is 46.9 Å². The van der Waals surface area contributed by atoms with Crippen molar-refractivity contribution in [2.45, 2.75) is 82.1 Å². The minimum absolute atomic E-state index is 0.136. The van der Waals surface area contributed by atoms with Gasteiger partial charge in [-0.15, -0.1) is 0 Å². The first kappa shape index (κ1) is 32.3. The van der Waals surface area contributed by atoms with Crippen LogP contribution in [0.4, 0.5) is 0 Å². The van der Waals surface area contributed by atoms with Gasteiger partial charge in [-0.2, -0.15) is 0 Å². The monoisotopic (exact) mass is 651 g/mol. The van der Waals surface area contributed by atoms with E-state index < -0.39 is 0 Å². The molecule has 2 heterocycles. The number of aliphatic hydroxyl groups is 1. The Kier molecular flexibility index (Phi) is 8.98. The first-order chi connectivity index (χ1) is 23.3. The van der Waals surface area contributed by atoms with Crippen LogP contribution in [-0.4, -0.2) is 55.0 Å². The molecule has 3 fully saturated rings. The van der Waals surface area contributed by atoms with Crippen LogP contribution in [0.1, 0.15) is 72.8 Å². The number of benzene rings is 4. The van der Waals surface area contributed by atoms with E-state index in [1.807, 2.05) is 0 Å². The summed E-state index contributed by atoms with van der Waals surface area (Å²) in [5, 5.41) is 67.1. The van der Waals surface area contributed by atoms with Gasteiger partial charge in [0.25, 0.3) is 0 Å². The van der Waals surface area contributed by atoms with Gasteiger partial charge in [0, 0.05) is 30.7 Å². The number of aryl methyl sites for hydroxylation is 1. The molecule has 8 nitrogen and oxygen atoms in total. The first-order valence-electron chi connectivity index (χ1n) is 17.2. The van der Waals surface area contributed by atoms with Crippen LogP contribution < -0.4 is 5.32 Å². The lowest BCUT2D eigenvalue weighted by Gasteiger charge is -2.58. The van der Waals surface area contributed by atoms with Gasteiger partial charge in [-0.05, 0) is 103 Å². The highest BCUT2D eigenvalue weighted by Crippen LogP contribution is 2.53. The highest BCUT2D eigenvalue weighted by atomic mass is 16.5. The average molecular weight is 652 g/mol. The van der Waals surface area contributed by atoms with E-state index in [2.05, 4.69) is 29.6 Å². The van der Waals surface area contributed by atoms with E-state index in [0.717, 1.165) is 37.8 Å². The Morgan fingerprint density at radius 2 is 1.60 bits per heavy atom. The smallest absolute Gasteiger partial charge is 0.169 e. The zero-order chi connectivity index (χ0) is 33.4. The molecule has 0 radical (unpaired) electrons. The van der Waals surface area contributed by atoms with E-state index in [1.54, 1.807) is 30.4 Å². The van der Waals surface area contributed by atoms with Crippen LogP contribution in [0.25, 0.3) is 22.9 Å². The number of rotatable bonds is 9. The van der Waals surface area contributed by atoms with E-state index >= 15 is 0 Å². The summed E-state index contributed by atoms with van der Waals surface area (Å²) >= 11 is 0. The van der Waals surface area contributed by atoms with E-state index in [-0.39, 0.29) is 58.4 Å². The molecule has 1 spiro atoms. The molecule has 252 valence electrons. The van der Waals surface area contributed by atoms with Crippen molar-refractivity contribution in [3.63, 3.8) is 0 Å². The molecule has 1 aliphatic carbocycles. The number of phenolic OH excluding ortho intramolecular Hbond substituents is 5. The van der Waals surface area contributed by atoms with Gasteiger partial charge >= 0.3 is 0 Å². The summed E-state index contributed by atoms with van der Waals surface area (Å²) in [6.45, 7) is 0.962. The van der Waals surface area contributed by atoms with E-state index in [4.69, 9.17) is 4.74 Å². The van der Waals surface area contributed by atoms with Gasteiger partial charge in [0.15, 0.2) is 23.0 Å². The van der Waals surface area contributed by atoms with Gasteiger partial charge < -0.3 is 40.7 Å². The number of fused-ring (bicyclic) bond motifs is 2. The maximum absolute atomic E-state index is 11.2. The molecular weight excluding hydrogens is 606 g/mol. The highest BCUT2D eigenvalue weighted by Gasteiger charge is 2.55. The van der Waals surface area contributed by atoms with E-state index in [9.17, 15) is 30.6 Å². The second-order valence-corrected chi connectivity index (χ2v) is 14.0. The molecule has 7 rings (SSSR count). The fourth-order valence-corrected chi connectivity index (χ4v) is 8.69. The quantitative estimate of drug-likeness (QED) is 0.0765. The molecule has 0 aromatic heterocycles. The summed E-state index contributed by atoms with van der Waals surface area (Å²) in [5.41, 5.74) is 3.92. The van der Waals surface area contributed by atoms with Crippen LogP contribution in [0.2, 0.25) is 0 Å². The highest BCUT2D eigenvalue weighted by molar-refractivity contribution is 6.03. The minimum atomic E-state index is -0.361. The average Bonchev–Trinajstić information content (AvgIpc) is 3.09. The van der Waals surface area contributed by atoms with Crippen molar-refractivity contribution in [2.24, 2.45) is 11.8 Å². The van der Waals surface area contributed by atoms with Gasteiger partial charge in [0.2, 0.25) is 0 Å². The third-order valence-electron chi connectivity index (χ3n) is 11.2. The molecule has 0 amide bonds. The van der Waals surface area contributed by atoms with Gasteiger partial charge in [0.1, 0.15) is 5.75 Å². The standard InChI is InChI=1S/C40H45NO7/c42-23-28-4-1-3-27-14-15-30-20-29(21-40(27,28)48-30)41-22-26-9-7-24(8-10-26)11-17-33-31(16-12-25-13-18-34(43)36(45)19-25)32-5-2-6-35(44)37(32)39(47)38(33)46/h2,5-10,12-13,16,18-19,27-30,41-47H,1,3-4,11,14-15,17,20-23H2/b16-12+/t27-,28-,29+,30+,40+/m0/s1. The molecule has 8 heteroatoms. The number of hydrogen-bond acceptors (Lipinski definition) is 8. The van der Waals surface area contributed by atoms with Crippen LogP contribution in [0.3, 0.4) is 0 Å². The molecule has 2 saturated heterocycles. The Morgan fingerprint density at radius 3 is 2.40 bits per heavy atom. The lowest BCUT2D eigenvalue weighted by atomic mass is 9.60. The zero-order valence-corrected chi connectivity index (χ0v) is 27.1. The maximum Gasteiger partial charge on any atom is 0.169 e. The number of aliphatic hydroxyl groups excluding tert-OH is 1. The van der Waals surface area contributed by atoms with Crippen molar-refractivity contribution < 1.29 is 35.4 Å². The molecule has 0 unspecified atom stereocenters. The Morgan fingerprint density at radius 1 is 0.792 bits per heavy atom. The molecule has 2 aliphatic heterocycles. The van der Waals surface area contributed by atoms with Crippen LogP contribution in [-0.2, 0) is 24.1 Å². The summed E-state index contributed by atoms with van der Waals surface area (Å²) in [5.74, 6) is -0.446. The number of hydrogen-bond donors (Lipinski definition) is 7. The number of aromatic hydroxyl groups is 5. The third-order valence-corrected chi connectivity index (χ3v) is 11.2. The molecule has 4 aromatic carbocycles. The largest absolute Gasteiger partial charge is 0.507 e. The van der Waals surface area contributed by atoms with Crippen molar-refractivity contribution in [1.29, 1.82) is 0 Å². The minimum Gasteiger partial charge on any atom is -0.507 e.